The van der Waals surface area contributed by atoms with Crippen LogP contribution in [0.3, 0.4) is 0 Å². The van der Waals surface area contributed by atoms with E-state index in [0.29, 0.717) is 12.6 Å². The Morgan fingerprint density at radius 2 is 1.79 bits per heavy atom. The van der Waals surface area contributed by atoms with Crippen molar-refractivity contribution in [1.82, 2.24) is 10.6 Å². The zero-order valence-corrected chi connectivity index (χ0v) is 13.2. The lowest BCUT2D eigenvalue weighted by Gasteiger charge is -2.27. The Kier molecular flexibility index (Phi) is 6.84. The van der Waals surface area contributed by atoms with Crippen LogP contribution in [0.2, 0.25) is 0 Å². The molecule has 19 heavy (non-hydrogen) atoms. The molecule has 1 aliphatic rings. The Morgan fingerprint density at radius 1 is 1.21 bits per heavy atom. The molecule has 1 aliphatic carbocycles. The number of nitrogens with one attached hydrogen (secondary N) is 2. The van der Waals surface area contributed by atoms with Gasteiger partial charge in [0.05, 0.1) is 6.54 Å². The molecule has 1 amide bonds. The molecule has 1 atom stereocenters. The van der Waals surface area contributed by atoms with Crippen molar-refractivity contribution in [1.29, 1.82) is 0 Å². The van der Waals surface area contributed by atoms with E-state index in [1.54, 1.807) is 0 Å². The molecule has 1 rings (SSSR count). The van der Waals surface area contributed by atoms with Crippen LogP contribution in [0.1, 0.15) is 72.6 Å². The molecule has 2 N–H and O–H groups in total. The maximum Gasteiger partial charge on any atom is 0.234 e. The molecule has 0 saturated heterocycles. The van der Waals surface area contributed by atoms with E-state index in [2.05, 4.69) is 38.3 Å². The predicted octanol–water partition coefficient (Wildman–Crippen LogP) is 3.24. The van der Waals surface area contributed by atoms with Crippen molar-refractivity contribution in [2.45, 2.75) is 84.2 Å². The summed E-state index contributed by atoms with van der Waals surface area (Å²) >= 11 is 0. The van der Waals surface area contributed by atoms with Gasteiger partial charge in [-0.2, -0.15) is 0 Å². The van der Waals surface area contributed by atoms with Crippen LogP contribution in [0.4, 0.5) is 0 Å². The van der Waals surface area contributed by atoms with Crippen LogP contribution >= 0.6 is 0 Å². The molecule has 0 aliphatic heterocycles. The minimum Gasteiger partial charge on any atom is -0.350 e. The van der Waals surface area contributed by atoms with E-state index in [-0.39, 0.29) is 11.4 Å². The van der Waals surface area contributed by atoms with Gasteiger partial charge in [0, 0.05) is 11.6 Å². The highest BCUT2D eigenvalue weighted by Crippen LogP contribution is 2.25. The average molecular weight is 268 g/mol. The largest absolute Gasteiger partial charge is 0.350 e. The summed E-state index contributed by atoms with van der Waals surface area (Å²) in [6.07, 6.45) is 9.06. The molecule has 112 valence electrons. The van der Waals surface area contributed by atoms with E-state index >= 15 is 0 Å². The SMILES string of the molecule is CCC(C)(C)NC(=O)CN[C@@H](C)C1CCCCCC1. The van der Waals surface area contributed by atoms with Crippen molar-refractivity contribution in [2.75, 3.05) is 6.54 Å². The second-order valence-corrected chi connectivity index (χ2v) is 6.71. The summed E-state index contributed by atoms with van der Waals surface area (Å²) in [5.41, 5.74) is -0.0929. The highest BCUT2D eigenvalue weighted by atomic mass is 16.2. The van der Waals surface area contributed by atoms with Crippen LogP contribution in [-0.2, 0) is 4.79 Å². The van der Waals surface area contributed by atoms with Gasteiger partial charge >= 0.3 is 0 Å². The summed E-state index contributed by atoms with van der Waals surface area (Å²) in [5.74, 6) is 0.863. The second-order valence-electron chi connectivity index (χ2n) is 6.71. The second kappa shape index (κ2) is 7.88. The van der Waals surface area contributed by atoms with E-state index in [1.165, 1.54) is 38.5 Å². The molecule has 0 aromatic heterocycles. The van der Waals surface area contributed by atoms with Crippen LogP contribution in [0.25, 0.3) is 0 Å². The highest BCUT2D eigenvalue weighted by molar-refractivity contribution is 5.78. The molecular formula is C16H32N2O. The molecule has 0 spiro atoms. The molecule has 0 heterocycles. The topological polar surface area (TPSA) is 41.1 Å². The van der Waals surface area contributed by atoms with E-state index in [9.17, 15) is 4.79 Å². The van der Waals surface area contributed by atoms with E-state index < -0.39 is 0 Å². The molecule has 0 aromatic carbocycles. The number of amides is 1. The first-order valence-electron chi connectivity index (χ1n) is 7.99. The molecule has 0 bridgehead atoms. The minimum absolute atomic E-state index is 0.0929. The van der Waals surface area contributed by atoms with E-state index in [4.69, 9.17) is 0 Å². The smallest absolute Gasteiger partial charge is 0.234 e. The third-order valence-corrected chi connectivity index (χ3v) is 4.55. The standard InChI is InChI=1S/C16H32N2O/c1-5-16(3,4)18-15(19)12-17-13(2)14-10-8-6-7-9-11-14/h13-14,17H,5-12H2,1-4H3,(H,18,19)/t13-/m0/s1. The summed E-state index contributed by atoms with van der Waals surface area (Å²) in [4.78, 5) is 11.9. The Balaban J connectivity index is 2.28. The van der Waals surface area contributed by atoms with Crippen molar-refractivity contribution in [3.63, 3.8) is 0 Å². The average Bonchev–Trinajstić information content (AvgIpc) is 2.64. The summed E-state index contributed by atoms with van der Waals surface area (Å²) in [6.45, 7) is 8.91. The third kappa shape index (κ3) is 6.42. The van der Waals surface area contributed by atoms with Gasteiger partial charge in [-0.05, 0) is 46.0 Å². The zero-order chi connectivity index (χ0) is 14.3. The van der Waals surface area contributed by atoms with Crippen molar-refractivity contribution in [2.24, 2.45) is 5.92 Å². The summed E-state index contributed by atoms with van der Waals surface area (Å²) < 4.78 is 0. The maximum absolute atomic E-state index is 11.9. The number of carbonyl (C=O) groups is 1. The Bertz CT molecular complexity index is 268. The van der Waals surface area contributed by atoms with Gasteiger partial charge < -0.3 is 10.6 Å². The van der Waals surface area contributed by atoms with Crippen molar-refractivity contribution in [3.05, 3.63) is 0 Å². The quantitative estimate of drug-likeness (QED) is 0.726. The molecule has 0 radical (unpaired) electrons. The van der Waals surface area contributed by atoms with Crippen LogP contribution in [0, 0.1) is 5.92 Å². The third-order valence-electron chi connectivity index (χ3n) is 4.55. The van der Waals surface area contributed by atoms with Gasteiger partial charge in [-0.3, -0.25) is 4.79 Å². The maximum atomic E-state index is 11.9. The summed E-state index contributed by atoms with van der Waals surface area (Å²) in [6, 6.07) is 0.452. The number of hydrogen-bond donors (Lipinski definition) is 2. The molecule has 0 unspecified atom stereocenters. The van der Waals surface area contributed by atoms with Gasteiger partial charge in [-0.1, -0.05) is 32.6 Å². The lowest BCUT2D eigenvalue weighted by atomic mass is 9.93. The lowest BCUT2D eigenvalue weighted by molar-refractivity contribution is -0.122. The fraction of sp³-hybridized carbons (Fsp3) is 0.938. The van der Waals surface area contributed by atoms with Gasteiger partial charge in [0.2, 0.25) is 5.91 Å². The van der Waals surface area contributed by atoms with E-state index in [0.717, 1.165) is 12.3 Å². The fourth-order valence-electron chi connectivity index (χ4n) is 2.74. The van der Waals surface area contributed by atoms with Gasteiger partial charge in [0.15, 0.2) is 0 Å². The number of rotatable bonds is 6. The molecule has 1 fully saturated rings. The highest BCUT2D eigenvalue weighted by Gasteiger charge is 2.21. The zero-order valence-electron chi connectivity index (χ0n) is 13.2. The monoisotopic (exact) mass is 268 g/mol. The fourth-order valence-corrected chi connectivity index (χ4v) is 2.74. The minimum atomic E-state index is -0.0929. The summed E-state index contributed by atoms with van der Waals surface area (Å²) in [5, 5.41) is 6.49. The Morgan fingerprint density at radius 3 is 2.32 bits per heavy atom. The van der Waals surface area contributed by atoms with Gasteiger partial charge in [0.25, 0.3) is 0 Å². The molecular weight excluding hydrogens is 236 g/mol. The van der Waals surface area contributed by atoms with Crippen LogP contribution in [0.5, 0.6) is 0 Å². The van der Waals surface area contributed by atoms with Crippen molar-refractivity contribution < 1.29 is 4.79 Å². The van der Waals surface area contributed by atoms with Crippen molar-refractivity contribution >= 4 is 5.91 Å². The van der Waals surface area contributed by atoms with Crippen LogP contribution in [-0.4, -0.2) is 24.0 Å². The van der Waals surface area contributed by atoms with Crippen LogP contribution in [0.15, 0.2) is 0 Å². The van der Waals surface area contributed by atoms with Crippen LogP contribution < -0.4 is 10.6 Å². The molecule has 3 nitrogen and oxygen atoms in total. The first-order valence-corrected chi connectivity index (χ1v) is 7.99. The van der Waals surface area contributed by atoms with Gasteiger partial charge in [-0.25, -0.2) is 0 Å². The molecule has 3 heteroatoms. The summed E-state index contributed by atoms with van der Waals surface area (Å²) in [7, 11) is 0. The molecule has 0 aromatic rings. The molecule has 1 saturated carbocycles. The lowest BCUT2D eigenvalue weighted by Crippen LogP contribution is -2.48. The first-order chi connectivity index (χ1) is 8.94. The predicted molar refractivity (Wildman–Crippen MR) is 81.2 cm³/mol. The Labute approximate surface area is 118 Å². The van der Waals surface area contributed by atoms with Gasteiger partial charge in [-0.15, -0.1) is 0 Å². The normalized spacial score (nSPS) is 19.8. The number of carbonyl (C=O) groups excluding carboxylic acids is 1. The first kappa shape index (κ1) is 16.5. The number of hydrogen-bond acceptors (Lipinski definition) is 2. The van der Waals surface area contributed by atoms with Gasteiger partial charge in [0.1, 0.15) is 0 Å². The Hall–Kier alpha value is -0.570. The van der Waals surface area contributed by atoms with Crippen molar-refractivity contribution in [3.8, 4) is 0 Å². The van der Waals surface area contributed by atoms with E-state index in [1.807, 2.05) is 0 Å².